The van der Waals surface area contributed by atoms with Crippen molar-refractivity contribution in [2.24, 2.45) is 11.3 Å². The molecule has 2 amide bonds. The molecule has 2 aliphatic carbocycles. The molecule has 0 aliphatic heterocycles. The SMILES string of the molecule is CC(C)CNC(=O)NC1CC2(CC2)C1. The van der Waals surface area contributed by atoms with E-state index in [9.17, 15) is 4.79 Å². The first-order chi connectivity index (χ1) is 6.60. The van der Waals surface area contributed by atoms with E-state index in [-0.39, 0.29) is 6.03 Å². The molecule has 3 heteroatoms. The van der Waals surface area contributed by atoms with Crippen LogP contribution in [0.3, 0.4) is 0 Å². The number of carbonyl (C=O) groups is 1. The minimum absolute atomic E-state index is 0.0131. The highest BCUT2D eigenvalue weighted by molar-refractivity contribution is 5.74. The molecule has 0 saturated heterocycles. The second-order valence-electron chi connectivity index (χ2n) is 5.35. The van der Waals surface area contributed by atoms with Crippen LogP contribution in [0, 0.1) is 11.3 Å². The van der Waals surface area contributed by atoms with Gasteiger partial charge >= 0.3 is 6.03 Å². The summed E-state index contributed by atoms with van der Waals surface area (Å²) in [5, 5.41) is 5.90. The predicted molar refractivity (Wildman–Crippen MR) is 56.1 cm³/mol. The maximum Gasteiger partial charge on any atom is 0.315 e. The summed E-state index contributed by atoms with van der Waals surface area (Å²) in [5.41, 5.74) is 0.677. The fraction of sp³-hybridized carbons (Fsp3) is 0.909. The molecule has 2 saturated carbocycles. The van der Waals surface area contributed by atoms with E-state index < -0.39 is 0 Å². The molecule has 80 valence electrons. The fourth-order valence-corrected chi connectivity index (χ4v) is 2.21. The summed E-state index contributed by atoms with van der Waals surface area (Å²) in [7, 11) is 0. The van der Waals surface area contributed by atoms with Gasteiger partial charge in [0.25, 0.3) is 0 Å². The Morgan fingerprint density at radius 1 is 1.43 bits per heavy atom. The van der Waals surface area contributed by atoms with Crippen LogP contribution in [0.5, 0.6) is 0 Å². The van der Waals surface area contributed by atoms with Gasteiger partial charge in [0.2, 0.25) is 0 Å². The van der Waals surface area contributed by atoms with Crippen LogP contribution < -0.4 is 10.6 Å². The van der Waals surface area contributed by atoms with Gasteiger partial charge in [-0.3, -0.25) is 0 Å². The lowest BCUT2D eigenvalue weighted by Crippen LogP contribution is -2.49. The highest BCUT2D eigenvalue weighted by Crippen LogP contribution is 2.60. The molecule has 3 nitrogen and oxygen atoms in total. The van der Waals surface area contributed by atoms with Gasteiger partial charge in [-0.05, 0) is 37.0 Å². The molecule has 0 radical (unpaired) electrons. The molecule has 0 aromatic heterocycles. The maximum atomic E-state index is 11.4. The molecule has 2 rings (SSSR count). The van der Waals surface area contributed by atoms with Crippen LogP contribution in [0.2, 0.25) is 0 Å². The van der Waals surface area contributed by atoms with Gasteiger partial charge in [0.1, 0.15) is 0 Å². The third kappa shape index (κ3) is 2.20. The quantitative estimate of drug-likeness (QED) is 0.711. The topological polar surface area (TPSA) is 41.1 Å². The highest BCUT2D eigenvalue weighted by atomic mass is 16.2. The minimum Gasteiger partial charge on any atom is -0.338 e. The summed E-state index contributed by atoms with van der Waals surface area (Å²) < 4.78 is 0. The first-order valence-electron chi connectivity index (χ1n) is 5.64. The summed E-state index contributed by atoms with van der Waals surface area (Å²) in [6.07, 6.45) is 5.20. The lowest BCUT2D eigenvalue weighted by molar-refractivity contribution is 0.188. The third-order valence-electron chi connectivity index (χ3n) is 3.32. The monoisotopic (exact) mass is 196 g/mol. The molecule has 14 heavy (non-hydrogen) atoms. The first-order valence-corrected chi connectivity index (χ1v) is 5.64. The molecule has 2 fully saturated rings. The molecule has 0 aromatic carbocycles. The van der Waals surface area contributed by atoms with Crippen LogP contribution in [0.4, 0.5) is 4.79 Å². The molecule has 0 bridgehead atoms. The highest BCUT2D eigenvalue weighted by Gasteiger charge is 2.53. The summed E-state index contributed by atoms with van der Waals surface area (Å²) in [6, 6.07) is 0.462. The van der Waals surface area contributed by atoms with Crippen LogP contribution in [-0.4, -0.2) is 18.6 Å². The maximum absolute atomic E-state index is 11.4. The van der Waals surface area contributed by atoms with Gasteiger partial charge in [0.15, 0.2) is 0 Å². The molecule has 0 heterocycles. The van der Waals surface area contributed by atoms with Gasteiger partial charge in [-0.25, -0.2) is 4.79 Å². The van der Waals surface area contributed by atoms with Crippen molar-refractivity contribution in [2.45, 2.75) is 45.6 Å². The van der Waals surface area contributed by atoms with Crippen LogP contribution in [-0.2, 0) is 0 Å². The molecular formula is C11H20N2O. The van der Waals surface area contributed by atoms with Gasteiger partial charge in [0.05, 0.1) is 0 Å². The lowest BCUT2D eigenvalue weighted by Gasteiger charge is -2.36. The van der Waals surface area contributed by atoms with E-state index in [0.29, 0.717) is 17.4 Å². The summed E-state index contributed by atoms with van der Waals surface area (Å²) in [5.74, 6) is 0.525. The zero-order valence-corrected chi connectivity index (χ0v) is 9.10. The fourth-order valence-electron chi connectivity index (χ4n) is 2.21. The van der Waals surface area contributed by atoms with Crippen molar-refractivity contribution in [3.63, 3.8) is 0 Å². The van der Waals surface area contributed by atoms with E-state index in [2.05, 4.69) is 24.5 Å². The predicted octanol–water partition coefficient (Wildman–Crippen LogP) is 1.88. The van der Waals surface area contributed by atoms with Gasteiger partial charge in [-0.2, -0.15) is 0 Å². The number of nitrogens with one attached hydrogen (secondary N) is 2. The van der Waals surface area contributed by atoms with E-state index in [1.807, 2.05) is 0 Å². The van der Waals surface area contributed by atoms with Gasteiger partial charge in [0, 0.05) is 12.6 Å². The Kier molecular flexibility index (Phi) is 2.41. The second-order valence-corrected chi connectivity index (χ2v) is 5.35. The van der Waals surface area contributed by atoms with Crippen molar-refractivity contribution >= 4 is 6.03 Å². The van der Waals surface area contributed by atoms with Crippen LogP contribution in [0.1, 0.15) is 39.5 Å². The molecule has 0 atom stereocenters. The number of amides is 2. The lowest BCUT2D eigenvalue weighted by atomic mass is 9.77. The van der Waals surface area contributed by atoms with Crippen molar-refractivity contribution in [1.82, 2.24) is 10.6 Å². The molecule has 0 unspecified atom stereocenters. The van der Waals surface area contributed by atoms with Crippen LogP contribution in [0.15, 0.2) is 0 Å². The Balaban J connectivity index is 1.59. The second kappa shape index (κ2) is 3.44. The van der Waals surface area contributed by atoms with E-state index >= 15 is 0 Å². The Bertz CT molecular complexity index is 225. The molecule has 2 N–H and O–H groups in total. The minimum atomic E-state index is 0.0131. The first kappa shape index (κ1) is 9.81. The number of rotatable bonds is 3. The van der Waals surface area contributed by atoms with Crippen LogP contribution >= 0.6 is 0 Å². The zero-order chi connectivity index (χ0) is 10.2. The average molecular weight is 196 g/mol. The van der Waals surface area contributed by atoms with Crippen molar-refractivity contribution in [2.75, 3.05) is 6.54 Å². The van der Waals surface area contributed by atoms with Gasteiger partial charge in [-0.1, -0.05) is 13.8 Å². The van der Waals surface area contributed by atoms with E-state index in [1.54, 1.807) is 0 Å². The Labute approximate surface area is 85.6 Å². The van der Waals surface area contributed by atoms with Crippen LogP contribution in [0.25, 0.3) is 0 Å². The normalized spacial score (nSPS) is 23.4. The van der Waals surface area contributed by atoms with E-state index in [4.69, 9.17) is 0 Å². The smallest absolute Gasteiger partial charge is 0.315 e. The number of hydrogen-bond donors (Lipinski definition) is 2. The largest absolute Gasteiger partial charge is 0.338 e. The Morgan fingerprint density at radius 2 is 2.07 bits per heavy atom. The van der Waals surface area contributed by atoms with Gasteiger partial charge in [-0.15, -0.1) is 0 Å². The summed E-state index contributed by atoms with van der Waals surface area (Å²) in [6.45, 7) is 4.97. The van der Waals surface area contributed by atoms with Crippen molar-refractivity contribution < 1.29 is 4.79 Å². The number of carbonyl (C=O) groups excluding carboxylic acids is 1. The average Bonchev–Trinajstić information content (AvgIpc) is 2.80. The Hall–Kier alpha value is -0.730. The van der Waals surface area contributed by atoms with Crippen molar-refractivity contribution in [3.8, 4) is 0 Å². The van der Waals surface area contributed by atoms with Gasteiger partial charge < -0.3 is 10.6 Å². The summed E-state index contributed by atoms with van der Waals surface area (Å²) in [4.78, 5) is 11.4. The third-order valence-corrected chi connectivity index (χ3v) is 3.32. The molecular weight excluding hydrogens is 176 g/mol. The molecule has 2 aliphatic rings. The van der Waals surface area contributed by atoms with E-state index in [0.717, 1.165) is 6.54 Å². The number of urea groups is 1. The van der Waals surface area contributed by atoms with Crippen molar-refractivity contribution in [3.05, 3.63) is 0 Å². The van der Waals surface area contributed by atoms with E-state index in [1.165, 1.54) is 25.7 Å². The zero-order valence-electron chi connectivity index (χ0n) is 9.10. The molecule has 0 aromatic rings. The number of hydrogen-bond acceptors (Lipinski definition) is 1. The Morgan fingerprint density at radius 3 is 2.57 bits per heavy atom. The van der Waals surface area contributed by atoms with Crippen molar-refractivity contribution in [1.29, 1.82) is 0 Å². The standard InChI is InChI=1S/C11H20N2O/c1-8(2)7-12-10(14)13-9-5-11(6-9)3-4-11/h8-9H,3-7H2,1-2H3,(H2,12,13,14). The molecule has 1 spiro atoms. The summed E-state index contributed by atoms with van der Waals surface area (Å²) >= 11 is 0.